The Morgan fingerprint density at radius 2 is 2.50 bits per heavy atom. The summed E-state index contributed by atoms with van der Waals surface area (Å²) >= 11 is 0. The normalized spacial score (nSPS) is 10.8. The van der Waals surface area contributed by atoms with E-state index in [4.69, 9.17) is 9.83 Å². The van der Waals surface area contributed by atoms with Crippen LogP contribution in [-0.2, 0) is 0 Å². The first-order valence-corrected chi connectivity index (χ1v) is 2.79. The van der Waals surface area contributed by atoms with Gasteiger partial charge in [-0.2, -0.15) is 9.61 Å². The summed E-state index contributed by atoms with van der Waals surface area (Å²) in [6, 6.07) is 1.75. The van der Waals surface area contributed by atoms with Gasteiger partial charge in [-0.3, -0.25) is 0 Å². The molecule has 0 spiro atoms. The first-order chi connectivity index (χ1) is 4.79. The van der Waals surface area contributed by atoms with Crippen LogP contribution in [0.3, 0.4) is 0 Å². The third-order valence-electron chi connectivity index (χ3n) is 1.34. The molecule has 0 aromatic carbocycles. The van der Waals surface area contributed by atoms with Crippen molar-refractivity contribution in [2.24, 2.45) is 0 Å². The van der Waals surface area contributed by atoms with Gasteiger partial charge in [0.1, 0.15) is 10.9 Å². The first kappa shape index (κ1) is 5.22. The van der Waals surface area contributed by atoms with Crippen molar-refractivity contribution < 1.29 is 4.42 Å². The van der Waals surface area contributed by atoms with E-state index < -0.39 is 0 Å². The van der Waals surface area contributed by atoms with Crippen molar-refractivity contribution in [1.82, 2.24) is 9.61 Å². The molecule has 2 heterocycles. The van der Waals surface area contributed by atoms with Gasteiger partial charge in [0, 0.05) is 0 Å². The van der Waals surface area contributed by atoms with Crippen LogP contribution in [0.15, 0.2) is 16.7 Å². The van der Waals surface area contributed by atoms with Gasteiger partial charge in [0.15, 0.2) is 0 Å². The number of oxazole rings is 1. The smallest absolute Gasteiger partial charge is 0.316 e. The lowest BCUT2D eigenvalue weighted by Crippen LogP contribution is -2.05. The molecule has 0 radical (unpaired) electrons. The summed E-state index contributed by atoms with van der Waals surface area (Å²) in [5.41, 5.74) is 1.26. The highest BCUT2D eigenvalue weighted by Crippen LogP contribution is 1.87. The average Bonchev–Trinajstić information content (AvgIpc) is 2.39. The Labute approximate surface area is 55.9 Å². The quantitative estimate of drug-likeness (QED) is 0.531. The van der Waals surface area contributed by atoms with E-state index >= 15 is 0 Å². The SMILES string of the molecule is C=c1oc(=N)n2nccc12. The molecule has 0 aliphatic carbocycles. The van der Waals surface area contributed by atoms with Crippen LogP contribution in [0.4, 0.5) is 0 Å². The molecule has 0 saturated heterocycles. The zero-order valence-electron chi connectivity index (χ0n) is 5.16. The Bertz CT molecular complexity index is 413. The molecular weight excluding hydrogens is 130 g/mol. The fraction of sp³-hybridized carbons (Fsp3) is 0. The molecule has 1 N–H and O–H groups in total. The number of fused-ring (bicyclic) bond motifs is 1. The molecule has 0 fully saturated rings. The molecule has 2 aromatic rings. The molecule has 2 rings (SSSR count). The van der Waals surface area contributed by atoms with Crippen LogP contribution in [0.5, 0.6) is 0 Å². The van der Waals surface area contributed by atoms with Crippen LogP contribution in [0.2, 0.25) is 0 Å². The Balaban J connectivity index is 3.28. The van der Waals surface area contributed by atoms with Crippen LogP contribution in [-0.4, -0.2) is 9.61 Å². The minimum absolute atomic E-state index is 0.0185. The molecule has 0 unspecified atom stereocenters. The van der Waals surface area contributed by atoms with Gasteiger partial charge in [0.2, 0.25) is 0 Å². The Morgan fingerprint density at radius 1 is 1.70 bits per heavy atom. The summed E-state index contributed by atoms with van der Waals surface area (Å²) < 4.78 is 6.25. The second-order valence-electron chi connectivity index (χ2n) is 1.96. The van der Waals surface area contributed by atoms with Crippen molar-refractivity contribution in [1.29, 1.82) is 5.41 Å². The lowest BCUT2D eigenvalue weighted by atomic mass is 10.5. The maximum Gasteiger partial charge on any atom is 0.316 e. The highest BCUT2D eigenvalue weighted by Gasteiger charge is 1.98. The predicted octanol–water partition coefficient (Wildman–Crippen LogP) is -0.464. The second kappa shape index (κ2) is 1.47. The molecule has 4 nitrogen and oxygen atoms in total. The highest BCUT2D eigenvalue weighted by atomic mass is 16.3. The van der Waals surface area contributed by atoms with Gasteiger partial charge in [0.05, 0.1) is 6.20 Å². The second-order valence-corrected chi connectivity index (χ2v) is 1.96. The Kier molecular flexibility index (Phi) is 0.768. The zero-order valence-corrected chi connectivity index (χ0v) is 5.16. The molecule has 2 aromatic heterocycles. The number of hydrogen-bond acceptors (Lipinski definition) is 3. The van der Waals surface area contributed by atoms with E-state index in [9.17, 15) is 0 Å². The molecule has 10 heavy (non-hydrogen) atoms. The van der Waals surface area contributed by atoms with Gasteiger partial charge < -0.3 is 4.42 Å². The van der Waals surface area contributed by atoms with E-state index in [2.05, 4.69) is 11.7 Å². The topological polar surface area (TPSA) is 54.3 Å². The van der Waals surface area contributed by atoms with E-state index in [-0.39, 0.29) is 5.68 Å². The summed E-state index contributed by atoms with van der Waals surface area (Å²) in [4.78, 5) is 0. The number of rotatable bonds is 0. The van der Waals surface area contributed by atoms with Crippen LogP contribution in [0.25, 0.3) is 12.1 Å². The van der Waals surface area contributed by atoms with Crippen LogP contribution in [0.1, 0.15) is 0 Å². The lowest BCUT2D eigenvalue weighted by Gasteiger charge is -1.71. The van der Waals surface area contributed by atoms with Crippen LogP contribution < -0.4 is 11.1 Å². The Hall–Kier alpha value is -1.58. The number of nitrogens with zero attached hydrogens (tertiary/aromatic N) is 2. The van der Waals surface area contributed by atoms with E-state index in [1.54, 1.807) is 12.3 Å². The minimum atomic E-state index is 0.0185. The number of aromatic nitrogens is 2. The van der Waals surface area contributed by atoms with E-state index in [1.807, 2.05) is 0 Å². The van der Waals surface area contributed by atoms with E-state index in [0.29, 0.717) is 5.42 Å². The molecule has 50 valence electrons. The van der Waals surface area contributed by atoms with Crippen molar-refractivity contribution in [3.05, 3.63) is 23.4 Å². The maximum absolute atomic E-state index is 7.20. The monoisotopic (exact) mass is 135 g/mol. The molecule has 4 heteroatoms. The first-order valence-electron chi connectivity index (χ1n) is 2.79. The molecule has 0 saturated carbocycles. The van der Waals surface area contributed by atoms with Gasteiger partial charge in [-0.1, -0.05) is 6.58 Å². The Morgan fingerprint density at radius 3 is 3.20 bits per heavy atom. The lowest BCUT2D eigenvalue weighted by molar-refractivity contribution is 0.449. The number of nitrogens with one attached hydrogen (secondary N) is 1. The standard InChI is InChI=1S/C6H5N3O/c1-4-5-2-3-8-9(5)6(7)10-4/h2-3,7H,1H2. The van der Waals surface area contributed by atoms with Crippen LogP contribution in [0, 0.1) is 5.41 Å². The van der Waals surface area contributed by atoms with E-state index in [0.717, 1.165) is 5.52 Å². The highest BCUT2D eigenvalue weighted by molar-refractivity contribution is 5.43. The zero-order chi connectivity index (χ0) is 7.14. The van der Waals surface area contributed by atoms with Crippen molar-refractivity contribution in [2.45, 2.75) is 0 Å². The minimum Gasteiger partial charge on any atom is -0.423 e. The van der Waals surface area contributed by atoms with Crippen molar-refractivity contribution in [3.8, 4) is 0 Å². The summed E-state index contributed by atoms with van der Waals surface area (Å²) in [6.45, 7) is 3.59. The summed E-state index contributed by atoms with van der Waals surface area (Å²) in [5.74, 6) is 0. The average molecular weight is 135 g/mol. The van der Waals surface area contributed by atoms with Crippen molar-refractivity contribution in [3.63, 3.8) is 0 Å². The third-order valence-corrected chi connectivity index (χ3v) is 1.34. The molecular formula is C6H5N3O. The fourth-order valence-electron chi connectivity index (χ4n) is 0.889. The largest absolute Gasteiger partial charge is 0.423 e. The van der Waals surface area contributed by atoms with Gasteiger partial charge in [-0.15, -0.1) is 0 Å². The van der Waals surface area contributed by atoms with Gasteiger partial charge in [0.25, 0.3) is 0 Å². The predicted molar refractivity (Wildman–Crippen MR) is 34.1 cm³/mol. The van der Waals surface area contributed by atoms with Crippen molar-refractivity contribution in [2.75, 3.05) is 0 Å². The van der Waals surface area contributed by atoms with Gasteiger partial charge >= 0.3 is 5.68 Å². The van der Waals surface area contributed by atoms with Gasteiger partial charge in [-0.05, 0) is 6.07 Å². The maximum atomic E-state index is 7.20. The molecule has 0 atom stereocenters. The summed E-state index contributed by atoms with van der Waals surface area (Å²) in [5, 5.41) is 11.0. The summed E-state index contributed by atoms with van der Waals surface area (Å²) in [7, 11) is 0. The number of hydrogen-bond donors (Lipinski definition) is 1. The third kappa shape index (κ3) is 0.452. The van der Waals surface area contributed by atoms with Gasteiger partial charge in [-0.25, -0.2) is 5.41 Å². The van der Waals surface area contributed by atoms with Crippen LogP contribution >= 0.6 is 0 Å². The molecule has 0 aliphatic heterocycles. The van der Waals surface area contributed by atoms with Crippen molar-refractivity contribution >= 4 is 12.1 Å². The molecule has 0 amide bonds. The van der Waals surface area contributed by atoms with E-state index in [1.165, 1.54) is 4.52 Å². The summed E-state index contributed by atoms with van der Waals surface area (Å²) in [6.07, 6.45) is 1.61. The molecule has 0 bridgehead atoms. The molecule has 0 aliphatic rings. The fourth-order valence-corrected chi connectivity index (χ4v) is 0.889.